The maximum atomic E-state index is 4.89. The molecule has 0 aromatic heterocycles. The Hall–Kier alpha value is -2.14. The number of aliphatic imine (C=N–C) groups is 1. The van der Waals surface area contributed by atoms with Crippen LogP contribution in [0.3, 0.4) is 0 Å². The summed E-state index contributed by atoms with van der Waals surface area (Å²) in [5, 5.41) is 13.3. The predicted molar refractivity (Wildman–Crippen MR) is 96.4 cm³/mol. The van der Waals surface area contributed by atoms with E-state index in [-0.39, 0.29) is 6.04 Å². The van der Waals surface area contributed by atoms with E-state index < -0.39 is 0 Å². The molecule has 0 aromatic rings. The molecule has 1 fully saturated rings. The van der Waals surface area contributed by atoms with Gasteiger partial charge in [-0.1, -0.05) is 18.7 Å². The van der Waals surface area contributed by atoms with Gasteiger partial charge in [-0.05, 0) is 51.0 Å². The van der Waals surface area contributed by atoms with Crippen molar-refractivity contribution in [1.29, 1.82) is 0 Å². The molecule has 1 saturated heterocycles. The first-order valence-electron chi connectivity index (χ1n) is 8.26. The molecule has 5 nitrogen and oxygen atoms in total. The predicted octanol–water partition coefficient (Wildman–Crippen LogP) is 2.33. The lowest BCUT2D eigenvalue weighted by molar-refractivity contribution is 0.426. The van der Waals surface area contributed by atoms with E-state index in [4.69, 9.17) is 4.99 Å². The van der Waals surface area contributed by atoms with Crippen LogP contribution in [0.25, 0.3) is 0 Å². The van der Waals surface area contributed by atoms with Crippen LogP contribution in [-0.2, 0) is 0 Å². The lowest BCUT2D eigenvalue weighted by atomic mass is 10.1. The van der Waals surface area contributed by atoms with Crippen molar-refractivity contribution >= 4 is 12.1 Å². The normalized spacial score (nSPS) is 28.0. The molecule has 2 atom stereocenters. The van der Waals surface area contributed by atoms with Crippen LogP contribution in [0.5, 0.6) is 0 Å². The van der Waals surface area contributed by atoms with Crippen molar-refractivity contribution in [3.63, 3.8) is 0 Å². The van der Waals surface area contributed by atoms with Gasteiger partial charge in [-0.2, -0.15) is 5.10 Å². The smallest absolute Gasteiger partial charge is 0.121 e. The van der Waals surface area contributed by atoms with Gasteiger partial charge in [-0.15, -0.1) is 0 Å². The maximum Gasteiger partial charge on any atom is 0.121 e. The summed E-state index contributed by atoms with van der Waals surface area (Å²) in [5.74, 6) is 0.965. The third-order valence-electron chi connectivity index (χ3n) is 4.27. The van der Waals surface area contributed by atoms with Crippen LogP contribution in [0.2, 0.25) is 0 Å². The van der Waals surface area contributed by atoms with Crippen LogP contribution >= 0.6 is 0 Å². The highest BCUT2D eigenvalue weighted by molar-refractivity contribution is 5.94. The fraction of sp³-hybridized carbons (Fsp3) is 0.444. The second-order valence-electron chi connectivity index (χ2n) is 6.15. The fourth-order valence-corrected chi connectivity index (χ4v) is 3.10. The molecular formula is C18H25N5. The van der Waals surface area contributed by atoms with Crippen LogP contribution in [0.4, 0.5) is 0 Å². The Morgan fingerprint density at radius 2 is 2.39 bits per heavy atom. The Kier molecular flexibility index (Phi) is 4.76. The molecule has 0 saturated carbocycles. The summed E-state index contributed by atoms with van der Waals surface area (Å²) in [4.78, 5) is 4.89. The van der Waals surface area contributed by atoms with E-state index >= 15 is 0 Å². The molecule has 0 spiro atoms. The first kappa shape index (κ1) is 15.7. The van der Waals surface area contributed by atoms with Crippen molar-refractivity contribution in [3.05, 3.63) is 47.9 Å². The van der Waals surface area contributed by atoms with E-state index in [2.05, 4.69) is 40.5 Å². The Morgan fingerprint density at radius 1 is 1.52 bits per heavy atom. The third-order valence-corrected chi connectivity index (χ3v) is 4.27. The van der Waals surface area contributed by atoms with Gasteiger partial charge in [0, 0.05) is 12.6 Å². The number of nitrogens with zero attached hydrogens (tertiary/aromatic N) is 3. The highest BCUT2D eigenvalue weighted by Gasteiger charge is 2.24. The van der Waals surface area contributed by atoms with E-state index in [1.807, 2.05) is 31.1 Å². The summed E-state index contributed by atoms with van der Waals surface area (Å²) in [6, 6.07) is 0.544. The molecular weight excluding hydrogens is 286 g/mol. The number of amidine groups is 1. The summed E-state index contributed by atoms with van der Waals surface area (Å²) in [6.45, 7) is 10.3. The quantitative estimate of drug-likeness (QED) is 0.841. The first-order valence-corrected chi connectivity index (χ1v) is 8.26. The van der Waals surface area contributed by atoms with Gasteiger partial charge in [0.05, 0.1) is 23.7 Å². The van der Waals surface area contributed by atoms with Gasteiger partial charge in [0.15, 0.2) is 0 Å². The van der Waals surface area contributed by atoms with Gasteiger partial charge in [0.1, 0.15) is 5.84 Å². The molecule has 122 valence electrons. The molecule has 0 aromatic carbocycles. The summed E-state index contributed by atoms with van der Waals surface area (Å²) in [5.41, 5.74) is 3.07. The lowest BCUT2D eigenvalue weighted by Crippen LogP contribution is -2.38. The molecule has 0 amide bonds. The van der Waals surface area contributed by atoms with Gasteiger partial charge in [0.25, 0.3) is 0 Å². The zero-order valence-corrected chi connectivity index (χ0v) is 13.9. The van der Waals surface area contributed by atoms with Crippen molar-refractivity contribution in [2.75, 3.05) is 13.1 Å². The minimum absolute atomic E-state index is 0.0718. The number of nitrogens with one attached hydrogen (secondary N) is 2. The van der Waals surface area contributed by atoms with Crippen molar-refractivity contribution in [2.24, 2.45) is 10.1 Å². The average molecular weight is 311 g/mol. The molecule has 0 aliphatic carbocycles. The van der Waals surface area contributed by atoms with Crippen molar-refractivity contribution in [2.45, 2.75) is 38.8 Å². The Morgan fingerprint density at radius 3 is 3.09 bits per heavy atom. The van der Waals surface area contributed by atoms with Gasteiger partial charge in [-0.25, -0.2) is 5.01 Å². The fourth-order valence-electron chi connectivity index (χ4n) is 3.10. The third kappa shape index (κ3) is 3.62. The average Bonchev–Trinajstić information content (AvgIpc) is 3.03. The van der Waals surface area contributed by atoms with Crippen LogP contribution < -0.4 is 10.6 Å². The molecule has 0 radical (unpaired) electrons. The highest BCUT2D eigenvalue weighted by Crippen LogP contribution is 2.25. The van der Waals surface area contributed by atoms with Crippen LogP contribution in [0.15, 0.2) is 57.9 Å². The van der Waals surface area contributed by atoms with Crippen LogP contribution in [0, 0.1) is 0 Å². The minimum Gasteiger partial charge on any atom is -0.366 e. The van der Waals surface area contributed by atoms with Crippen molar-refractivity contribution in [1.82, 2.24) is 15.6 Å². The molecule has 3 heterocycles. The second kappa shape index (κ2) is 6.96. The zero-order chi connectivity index (χ0) is 16.2. The van der Waals surface area contributed by atoms with E-state index in [1.165, 1.54) is 0 Å². The van der Waals surface area contributed by atoms with Gasteiger partial charge < -0.3 is 10.6 Å². The van der Waals surface area contributed by atoms with E-state index in [0.717, 1.165) is 48.7 Å². The highest BCUT2D eigenvalue weighted by atomic mass is 15.5. The van der Waals surface area contributed by atoms with Crippen LogP contribution in [-0.4, -0.2) is 42.2 Å². The number of hydrogen-bond acceptors (Lipinski definition) is 5. The number of hydrazone groups is 1. The SMILES string of the molecule is C=C1C=C(C)C=NN1/C(=C\C)C1CC=CC(NC2CCNC2)=N1. The molecule has 2 unspecified atom stereocenters. The molecule has 0 bridgehead atoms. The largest absolute Gasteiger partial charge is 0.366 e. The molecule has 3 rings (SSSR count). The number of rotatable bonds is 3. The number of hydrogen-bond donors (Lipinski definition) is 2. The second-order valence-corrected chi connectivity index (χ2v) is 6.15. The molecule has 23 heavy (non-hydrogen) atoms. The van der Waals surface area contributed by atoms with Crippen molar-refractivity contribution < 1.29 is 0 Å². The Labute approximate surface area is 138 Å². The van der Waals surface area contributed by atoms with E-state index in [9.17, 15) is 0 Å². The number of dihydropyridines is 1. The molecule has 3 aliphatic heterocycles. The summed E-state index contributed by atoms with van der Waals surface area (Å²) in [7, 11) is 0. The van der Waals surface area contributed by atoms with Crippen LogP contribution in [0.1, 0.15) is 26.7 Å². The van der Waals surface area contributed by atoms with Crippen molar-refractivity contribution in [3.8, 4) is 0 Å². The molecule has 5 heteroatoms. The Bertz CT molecular complexity index is 617. The Balaban J connectivity index is 1.74. The molecule has 3 aliphatic rings. The standard InChI is InChI=1S/C18H25N5/c1-4-17(23-14(3)10-13(2)11-20-23)16-6-5-7-18(22-16)21-15-8-9-19-12-15/h4-5,7,10-11,15-16,19H,3,6,8-9,12H2,1-2H3,(H,21,22)/b17-4-. The van der Waals surface area contributed by atoms with E-state index in [0.29, 0.717) is 6.04 Å². The topological polar surface area (TPSA) is 52.0 Å². The van der Waals surface area contributed by atoms with Gasteiger partial charge in [0.2, 0.25) is 0 Å². The zero-order valence-electron chi connectivity index (χ0n) is 13.9. The van der Waals surface area contributed by atoms with Gasteiger partial charge in [-0.3, -0.25) is 4.99 Å². The lowest BCUT2D eigenvalue weighted by Gasteiger charge is -2.30. The number of allylic oxidation sites excluding steroid dienone is 3. The monoisotopic (exact) mass is 311 g/mol. The maximum absolute atomic E-state index is 4.89. The van der Waals surface area contributed by atoms with Gasteiger partial charge >= 0.3 is 0 Å². The minimum atomic E-state index is 0.0718. The summed E-state index contributed by atoms with van der Waals surface area (Å²) in [6.07, 6.45) is 12.3. The summed E-state index contributed by atoms with van der Waals surface area (Å²) >= 11 is 0. The first-order chi connectivity index (χ1) is 11.2. The summed E-state index contributed by atoms with van der Waals surface area (Å²) < 4.78 is 0. The van der Waals surface area contributed by atoms with E-state index in [1.54, 1.807) is 0 Å². The molecule has 2 N–H and O–H groups in total.